The van der Waals surface area contributed by atoms with Gasteiger partial charge in [-0.05, 0) is 38.7 Å². The highest BCUT2D eigenvalue weighted by Gasteiger charge is 2.56. The maximum Gasteiger partial charge on any atom is 0.177 e. The van der Waals surface area contributed by atoms with Crippen molar-refractivity contribution < 1.29 is 28.8 Å². The van der Waals surface area contributed by atoms with Crippen LogP contribution in [0.25, 0.3) is 11.0 Å². The third kappa shape index (κ3) is 4.95. The number of nitrogens with one attached hydrogen (secondary N) is 1. The van der Waals surface area contributed by atoms with Crippen LogP contribution in [0.4, 0.5) is 5.82 Å². The highest BCUT2D eigenvalue weighted by Crippen LogP contribution is 2.44. The van der Waals surface area contributed by atoms with Crippen LogP contribution in [0.2, 0.25) is 0 Å². The quantitative estimate of drug-likeness (QED) is 0.415. The average molecular weight is 512 g/mol. The Labute approximate surface area is 215 Å². The normalized spacial score (nSPS) is 30.7. The molecule has 11 nitrogen and oxygen atoms in total. The molecule has 2 aromatic heterocycles. The molecular weight excluding hydrogens is 478 g/mol. The summed E-state index contributed by atoms with van der Waals surface area (Å²) in [6.45, 7) is 4.14. The fourth-order valence-electron chi connectivity index (χ4n) is 5.60. The first kappa shape index (κ1) is 24.7. The van der Waals surface area contributed by atoms with Gasteiger partial charge in [0.05, 0.1) is 43.4 Å². The molecule has 37 heavy (non-hydrogen) atoms. The number of benzene rings is 1. The highest BCUT2D eigenvalue weighted by molar-refractivity contribution is 5.85. The van der Waals surface area contributed by atoms with Crippen molar-refractivity contribution in [2.24, 2.45) is 0 Å². The van der Waals surface area contributed by atoms with E-state index in [1.807, 2.05) is 36.6 Å². The summed E-state index contributed by atoms with van der Waals surface area (Å²) in [6.07, 6.45) is 4.96. The third-order valence-electron chi connectivity index (χ3n) is 7.25. The molecule has 198 valence electrons. The maximum atomic E-state index is 9.12. The number of ether oxygens (including phenoxy) is 5. The predicted molar refractivity (Wildman–Crippen MR) is 132 cm³/mol. The van der Waals surface area contributed by atoms with E-state index >= 15 is 0 Å². The van der Waals surface area contributed by atoms with Gasteiger partial charge in [0.15, 0.2) is 17.8 Å². The maximum absolute atomic E-state index is 9.12. The summed E-state index contributed by atoms with van der Waals surface area (Å²) < 4.78 is 32.0. The van der Waals surface area contributed by atoms with Crippen LogP contribution in [0, 0.1) is 0 Å². The van der Waals surface area contributed by atoms with E-state index in [0.29, 0.717) is 17.9 Å². The molecule has 1 aromatic carbocycles. The minimum atomic E-state index is -0.755. The molecule has 2 unspecified atom stereocenters. The summed E-state index contributed by atoms with van der Waals surface area (Å²) in [5.41, 5.74) is 2.64. The van der Waals surface area contributed by atoms with Crippen molar-refractivity contribution in [2.75, 3.05) is 18.7 Å². The van der Waals surface area contributed by atoms with Crippen molar-refractivity contribution in [3.63, 3.8) is 0 Å². The molecule has 0 spiro atoms. The Hall–Kier alpha value is -2.67. The third-order valence-corrected chi connectivity index (χ3v) is 7.25. The first-order valence-corrected chi connectivity index (χ1v) is 12.8. The van der Waals surface area contributed by atoms with Gasteiger partial charge in [0.25, 0.3) is 0 Å². The number of anilines is 1. The SMILES string of the molecule is CC1(C)O[C@@H]2C(COCO)OC(n3cnc4c(N[C@H]5CCC[C@@H]5OCc5ccccc5)nncc43)[C@@H]2O1. The van der Waals surface area contributed by atoms with Crippen molar-refractivity contribution in [3.8, 4) is 0 Å². The van der Waals surface area contributed by atoms with Gasteiger partial charge in [0, 0.05) is 0 Å². The first-order chi connectivity index (χ1) is 18.0. The average Bonchev–Trinajstić information content (AvgIpc) is 3.66. The Morgan fingerprint density at radius 2 is 2.00 bits per heavy atom. The molecule has 2 aliphatic heterocycles. The van der Waals surface area contributed by atoms with Gasteiger partial charge in [-0.15, -0.1) is 5.10 Å². The summed E-state index contributed by atoms with van der Waals surface area (Å²) in [5, 5.41) is 21.3. The van der Waals surface area contributed by atoms with E-state index in [0.717, 1.165) is 30.3 Å². The van der Waals surface area contributed by atoms with E-state index in [1.54, 1.807) is 12.5 Å². The first-order valence-electron chi connectivity index (χ1n) is 12.8. The van der Waals surface area contributed by atoms with Crippen molar-refractivity contribution in [3.05, 3.63) is 48.4 Å². The van der Waals surface area contributed by atoms with Crippen LogP contribution in [0.5, 0.6) is 0 Å². The summed E-state index contributed by atoms with van der Waals surface area (Å²) >= 11 is 0. The van der Waals surface area contributed by atoms with Crippen molar-refractivity contribution in [1.82, 2.24) is 19.7 Å². The number of aliphatic hydroxyl groups excluding tert-OH is 1. The molecule has 3 aliphatic rings. The topological polar surface area (TPSA) is 122 Å². The standard InChI is InChI=1S/C26H33N5O6/c1-26(2)36-22-20(13-33-15-32)35-25(23(22)37-26)31-14-27-21-18(31)11-28-30-24(21)29-17-9-6-10-19(17)34-12-16-7-4-3-5-8-16/h3-5,7-8,11,14,17,19-20,22-23,25,32H,6,9-10,12-13,15H2,1-2H3,(H,29,30)/t17-,19-,20?,22+,23+,25?/m0/s1. The van der Waals surface area contributed by atoms with Gasteiger partial charge >= 0.3 is 0 Å². The zero-order chi connectivity index (χ0) is 25.4. The Kier molecular flexibility index (Phi) is 6.82. The molecular formula is C26H33N5O6. The molecule has 0 bridgehead atoms. The fourth-order valence-corrected chi connectivity index (χ4v) is 5.60. The Morgan fingerprint density at radius 1 is 1.16 bits per heavy atom. The van der Waals surface area contributed by atoms with Gasteiger partial charge in [-0.25, -0.2) is 4.98 Å². The number of aromatic nitrogens is 4. The summed E-state index contributed by atoms with van der Waals surface area (Å²) in [6, 6.07) is 10.3. The van der Waals surface area contributed by atoms with E-state index < -0.39 is 18.1 Å². The van der Waals surface area contributed by atoms with E-state index in [4.69, 9.17) is 28.8 Å². The molecule has 1 saturated carbocycles. The number of fused-ring (bicyclic) bond motifs is 2. The summed E-state index contributed by atoms with van der Waals surface area (Å²) in [5.74, 6) is -0.135. The van der Waals surface area contributed by atoms with E-state index in [9.17, 15) is 0 Å². The fraction of sp³-hybridized carbons (Fsp3) is 0.577. The molecule has 3 fully saturated rings. The minimum Gasteiger partial charge on any atom is -0.371 e. The minimum absolute atomic E-state index is 0.0804. The van der Waals surface area contributed by atoms with Crippen LogP contribution < -0.4 is 5.32 Å². The highest BCUT2D eigenvalue weighted by atomic mass is 16.8. The van der Waals surface area contributed by atoms with E-state index in [-0.39, 0.29) is 37.8 Å². The lowest BCUT2D eigenvalue weighted by atomic mass is 10.1. The number of imidazole rings is 1. The molecule has 6 atom stereocenters. The summed E-state index contributed by atoms with van der Waals surface area (Å²) in [4.78, 5) is 4.67. The van der Waals surface area contributed by atoms with Crippen molar-refractivity contribution in [1.29, 1.82) is 0 Å². The van der Waals surface area contributed by atoms with Gasteiger partial charge in [-0.1, -0.05) is 30.3 Å². The van der Waals surface area contributed by atoms with Crippen LogP contribution in [0.3, 0.4) is 0 Å². The number of hydrogen-bond donors (Lipinski definition) is 2. The molecule has 1 aliphatic carbocycles. The van der Waals surface area contributed by atoms with E-state index in [1.165, 1.54) is 0 Å². The molecule has 6 rings (SSSR count). The number of nitrogens with zero attached hydrogens (tertiary/aromatic N) is 4. The van der Waals surface area contributed by atoms with Gasteiger partial charge in [-0.2, -0.15) is 5.10 Å². The van der Waals surface area contributed by atoms with Crippen LogP contribution >= 0.6 is 0 Å². The van der Waals surface area contributed by atoms with Gasteiger partial charge in [0.2, 0.25) is 0 Å². The Morgan fingerprint density at radius 3 is 2.84 bits per heavy atom. The molecule has 2 saturated heterocycles. The van der Waals surface area contributed by atoms with Crippen LogP contribution in [0.15, 0.2) is 42.9 Å². The van der Waals surface area contributed by atoms with Crippen LogP contribution in [-0.4, -0.2) is 74.5 Å². The smallest absolute Gasteiger partial charge is 0.177 e. The molecule has 2 N–H and O–H groups in total. The van der Waals surface area contributed by atoms with Crippen LogP contribution in [0.1, 0.15) is 44.9 Å². The van der Waals surface area contributed by atoms with E-state index in [2.05, 4.69) is 32.6 Å². The van der Waals surface area contributed by atoms with Gasteiger partial charge in [-0.3, -0.25) is 4.57 Å². The molecule has 0 radical (unpaired) electrons. The lowest BCUT2D eigenvalue weighted by Crippen LogP contribution is -2.33. The lowest BCUT2D eigenvalue weighted by molar-refractivity contribution is -0.203. The second-order valence-corrected chi connectivity index (χ2v) is 10.2. The van der Waals surface area contributed by atoms with Crippen molar-refractivity contribution in [2.45, 2.75) is 82.2 Å². The Bertz CT molecular complexity index is 1210. The number of rotatable bonds is 9. The summed E-state index contributed by atoms with van der Waals surface area (Å²) in [7, 11) is 0. The lowest BCUT2D eigenvalue weighted by Gasteiger charge is -2.25. The van der Waals surface area contributed by atoms with Crippen molar-refractivity contribution >= 4 is 16.9 Å². The van der Waals surface area contributed by atoms with Gasteiger partial charge < -0.3 is 34.1 Å². The second-order valence-electron chi connectivity index (χ2n) is 10.2. The number of aliphatic hydroxyl groups is 1. The molecule has 0 amide bonds. The predicted octanol–water partition coefficient (Wildman–Crippen LogP) is 2.76. The zero-order valence-electron chi connectivity index (χ0n) is 21.0. The van der Waals surface area contributed by atoms with Crippen LogP contribution in [-0.2, 0) is 30.3 Å². The molecule has 11 heteroatoms. The Balaban J connectivity index is 1.21. The monoisotopic (exact) mass is 511 g/mol. The second kappa shape index (κ2) is 10.2. The largest absolute Gasteiger partial charge is 0.371 e. The van der Waals surface area contributed by atoms with Gasteiger partial charge in [0.1, 0.15) is 30.6 Å². The molecule has 4 heterocycles. The number of hydrogen-bond acceptors (Lipinski definition) is 10. The molecule has 3 aromatic rings. The zero-order valence-corrected chi connectivity index (χ0v) is 21.0.